The fourth-order valence-electron chi connectivity index (χ4n) is 2.28. The Hall–Kier alpha value is -2.86. The highest BCUT2D eigenvalue weighted by Crippen LogP contribution is 2.20. The molecule has 2 aromatic carbocycles. The zero-order valence-corrected chi connectivity index (χ0v) is 16.1. The summed E-state index contributed by atoms with van der Waals surface area (Å²) in [6.45, 7) is 4.67. The van der Waals surface area contributed by atoms with E-state index in [1.807, 2.05) is 48.5 Å². The molecule has 6 nitrogen and oxygen atoms in total. The molecule has 1 atom stereocenters. The third-order valence-corrected chi connectivity index (χ3v) is 4.24. The Bertz CT molecular complexity index is 855. The number of hydrogen-bond acceptors (Lipinski definition) is 6. The Morgan fingerprint density at radius 1 is 1.07 bits per heavy atom. The number of aromatic nitrogens is 3. The van der Waals surface area contributed by atoms with E-state index in [0.29, 0.717) is 24.4 Å². The van der Waals surface area contributed by atoms with Gasteiger partial charge in [-0.3, -0.25) is 0 Å². The lowest BCUT2D eigenvalue weighted by atomic mass is 10.2. The Morgan fingerprint density at radius 3 is 2.52 bits per heavy atom. The molecule has 0 amide bonds. The summed E-state index contributed by atoms with van der Waals surface area (Å²) in [7, 11) is 0. The molecule has 3 aromatic rings. The summed E-state index contributed by atoms with van der Waals surface area (Å²) in [5, 5.41) is 15.1. The van der Waals surface area contributed by atoms with Crippen molar-refractivity contribution in [2.45, 2.75) is 32.9 Å². The van der Waals surface area contributed by atoms with E-state index < -0.39 is 0 Å². The van der Waals surface area contributed by atoms with E-state index in [1.165, 1.54) is 0 Å². The molecule has 0 fully saturated rings. The average molecular weight is 384 g/mol. The van der Waals surface area contributed by atoms with Crippen molar-refractivity contribution in [3.8, 4) is 5.75 Å². The highest BCUT2D eigenvalue weighted by Gasteiger charge is 2.05. The fraction of sp³-hybridized carbons (Fsp3) is 0.250. The molecule has 140 valence electrons. The molecular formula is C20H22ClN5O. The smallest absolute Gasteiger partial charge is 0.244 e. The number of nitrogens with zero attached hydrogens (tertiary/aromatic N) is 3. The van der Waals surface area contributed by atoms with E-state index in [1.54, 1.807) is 6.20 Å². The molecule has 1 aromatic heterocycles. The van der Waals surface area contributed by atoms with E-state index >= 15 is 0 Å². The largest absolute Gasteiger partial charge is 0.489 e. The molecule has 27 heavy (non-hydrogen) atoms. The molecule has 0 aliphatic rings. The van der Waals surface area contributed by atoms with Crippen molar-refractivity contribution in [2.24, 2.45) is 0 Å². The van der Waals surface area contributed by atoms with Crippen LogP contribution in [0.4, 0.5) is 17.5 Å². The van der Waals surface area contributed by atoms with Gasteiger partial charge in [0.25, 0.3) is 0 Å². The summed E-state index contributed by atoms with van der Waals surface area (Å²) >= 11 is 5.89. The number of nitrogens with one attached hydrogen (secondary N) is 2. The van der Waals surface area contributed by atoms with Crippen LogP contribution in [0.25, 0.3) is 0 Å². The van der Waals surface area contributed by atoms with Gasteiger partial charge >= 0.3 is 0 Å². The van der Waals surface area contributed by atoms with E-state index in [4.69, 9.17) is 16.3 Å². The number of benzene rings is 2. The number of halogens is 1. The molecule has 0 aliphatic heterocycles. The summed E-state index contributed by atoms with van der Waals surface area (Å²) in [6, 6.07) is 15.6. The number of rotatable bonds is 8. The molecular weight excluding hydrogens is 362 g/mol. The lowest BCUT2D eigenvalue weighted by Crippen LogP contribution is -2.16. The van der Waals surface area contributed by atoms with Gasteiger partial charge in [-0.25, -0.2) is 0 Å². The maximum absolute atomic E-state index is 5.89. The van der Waals surface area contributed by atoms with Crippen LogP contribution < -0.4 is 15.4 Å². The van der Waals surface area contributed by atoms with Gasteiger partial charge in [0.1, 0.15) is 12.4 Å². The van der Waals surface area contributed by atoms with Crippen molar-refractivity contribution in [3.63, 3.8) is 0 Å². The number of anilines is 3. The Balaban J connectivity index is 1.57. The molecule has 0 saturated carbocycles. The standard InChI is InChI=1S/C20H22ClN5O/c1-3-14(2)23-20-25-19(12-22-26-20)24-17-8-10-18(11-9-17)27-13-15-4-6-16(21)7-5-15/h4-12,14H,3,13H2,1-2H3,(H2,23,24,25,26). The van der Waals surface area contributed by atoms with Crippen LogP contribution in [-0.2, 0) is 6.61 Å². The lowest BCUT2D eigenvalue weighted by Gasteiger charge is -2.12. The SMILES string of the molecule is CCC(C)Nc1nncc(Nc2ccc(OCc3ccc(Cl)cc3)cc2)n1. The molecule has 0 saturated heterocycles. The third-order valence-electron chi connectivity index (χ3n) is 3.99. The Kier molecular flexibility index (Phi) is 6.44. The average Bonchev–Trinajstić information content (AvgIpc) is 2.69. The normalized spacial score (nSPS) is 11.7. The molecule has 0 spiro atoms. The molecule has 1 heterocycles. The highest BCUT2D eigenvalue weighted by molar-refractivity contribution is 6.30. The van der Waals surface area contributed by atoms with Gasteiger partial charge in [-0.1, -0.05) is 30.7 Å². The molecule has 2 N–H and O–H groups in total. The van der Waals surface area contributed by atoms with Crippen molar-refractivity contribution in [3.05, 3.63) is 65.3 Å². The van der Waals surface area contributed by atoms with Crippen molar-refractivity contribution < 1.29 is 4.74 Å². The second-order valence-electron chi connectivity index (χ2n) is 6.18. The molecule has 0 aliphatic carbocycles. The van der Waals surface area contributed by atoms with Crippen molar-refractivity contribution >= 4 is 29.1 Å². The minimum Gasteiger partial charge on any atom is -0.489 e. The highest BCUT2D eigenvalue weighted by atomic mass is 35.5. The maximum atomic E-state index is 5.89. The second-order valence-corrected chi connectivity index (χ2v) is 6.62. The van der Waals surface area contributed by atoms with Crippen LogP contribution in [0.5, 0.6) is 5.75 Å². The van der Waals surface area contributed by atoms with Gasteiger partial charge in [-0.2, -0.15) is 10.1 Å². The fourth-order valence-corrected chi connectivity index (χ4v) is 2.40. The van der Waals surface area contributed by atoms with Gasteiger partial charge in [0, 0.05) is 16.8 Å². The van der Waals surface area contributed by atoms with Crippen LogP contribution in [0, 0.1) is 0 Å². The topological polar surface area (TPSA) is 72.0 Å². The van der Waals surface area contributed by atoms with Crippen molar-refractivity contribution in [1.29, 1.82) is 0 Å². The first-order chi connectivity index (χ1) is 13.1. The summed E-state index contributed by atoms with van der Waals surface area (Å²) in [5.41, 5.74) is 1.96. The number of hydrogen-bond donors (Lipinski definition) is 2. The predicted octanol–water partition coefficient (Wildman–Crippen LogP) is 5.06. The molecule has 0 radical (unpaired) electrons. The van der Waals surface area contributed by atoms with Crippen LogP contribution in [0.3, 0.4) is 0 Å². The summed E-state index contributed by atoms with van der Waals surface area (Å²) in [6.07, 6.45) is 2.57. The zero-order chi connectivity index (χ0) is 19.1. The second kappa shape index (κ2) is 9.19. The van der Waals surface area contributed by atoms with Crippen LogP contribution in [0.1, 0.15) is 25.8 Å². The summed E-state index contributed by atoms with van der Waals surface area (Å²) in [4.78, 5) is 4.42. The summed E-state index contributed by atoms with van der Waals surface area (Å²) in [5.74, 6) is 1.93. The van der Waals surface area contributed by atoms with Crippen LogP contribution in [0.2, 0.25) is 5.02 Å². The minimum absolute atomic E-state index is 0.291. The molecule has 0 bridgehead atoms. The molecule has 7 heteroatoms. The minimum atomic E-state index is 0.291. The Morgan fingerprint density at radius 2 is 1.81 bits per heavy atom. The van der Waals surface area contributed by atoms with Crippen molar-refractivity contribution in [2.75, 3.05) is 10.6 Å². The third kappa shape index (κ3) is 5.82. The zero-order valence-electron chi connectivity index (χ0n) is 15.3. The van der Waals surface area contributed by atoms with Gasteiger partial charge < -0.3 is 15.4 Å². The van der Waals surface area contributed by atoms with Crippen LogP contribution in [0.15, 0.2) is 54.7 Å². The van der Waals surface area contributed by atoms with E-state index in [9.17, 15) is 0 Å². The quantitative estimate of drug-likeness (QED) is 0.566. The van der Waals surface area contributed by atoms with E-state index in [0.717, 1.165) is 28.4 Å². The molecule has 1 unspecified atom stereocenters. The predicted molar refractivity (Wildman–Crippen MR) is 109 cm³/mol. The monoisotopic (exact) mass is 383 g/mol. The van der Waals surface area contributed by atoms with Gasteiger partial charge in [-0.05, 0) is 55.3 Å². The van der Waals surface area contributed by atoms with Gasteiger partial charge in [0.05, 0.1) is 6.20 Å². The first-order valence-corrected chi connectivity index (χ1v) is 9.21. The lowest BCUT2D eigenvalue weighted by molar-refractivity contribution is 0.306. The van der Waals surface area contributed by atoms with Gasteiger partial charge in [0.2, 0.25) is 5.95 Å². The van der Waals surface area contributed by atoms with E-state index in [-0.39, 0.29) is 0 Å². The molecule has 3 rings (SSSR count). The Labute approximate surface area is 164 Å². The number of ether oxygens (including phenoxy) is 1. The van der Waals surface area contributed by atoms with Gasteiger partial charge in [-0.15, -0.1) is 5.10 Å². The first kappa shape index (κ1) is 18.9. The van der Waals surface area contributed by atoms with E-state index in [2.05, 4.69) is 39.7 Å². The van der Waals surface area contributed by atoms with Crippen molar-refractivity contribution in [1.82, 2.24) is 15.2 Å². The summed E-state index contributed by atoms with van der Waals surface area (Å²) < 4.78 is 5.79. The van der Waals surface area contributed by atoms with Crippen LogP contribution in [-0.4, -0.2) is 21.2 Å². The van der Waals surface area contributed by atoms with Gasteiger partial charge in [0.15, 0.2) is 5.82 Å². The maximum Gasteiger partial charge on any atom is 0.244 e. The van der Waals surface area contributed by atoms with Crippen LogP contribution >= 0.6 is 11.6 Å². The first-order valence-electron chi connectivity index (χ1n) is 8.83.